The largest absolute Gasteiger partial charge is 0.441 e. The van der Waals surface area contributed by atoms with Gasteiger partial charge in [-0.2, -0.15) is 4.68 Å². The molecule has 0 amide bonds. The van der Waals surface area contributed by atoms with Crippen LogP contribution in [0.5, 0.6) is 0 Å². The van der Waals surface area contributed by atoms with E-state index in [1.54, 1.807) is 6.07 Å². The standard InChI is InChI=1S/C9H9FN4O2/c10-5-3-1-2-4-6(5)13-8-7(11)16-9(15)14(8)12/h1-4,13H,11-12H2. The van der Waals surface area contributed by atoms with Crippen molar-refractivity contribution in [2.24, 2.45) is 0 Å². The molecule has 0 radical (unpaired) electrons. The van der Waals surface area contributed by atoms with Gasteiger partial charge in [0.1, 0.15) is 5.82 Å². The number of nitrogens with one attached hydrogen (secondary N) is 1. The highest BCUT2D eigenvalue weighted by Crippen LogP contribution is 2.22. The Morgan fingerprint density at radius 3 is 2.62 bits per heavy atom. The predicted octanol–water partition coefficient (Wildman–Crippen LogP) is 0.620. The fourth-order valence-corrected chi connectivity index (χ4v) is 1.21. The summed E-state index contributed by atoms with van der Waals surface area (Å²) in [7, 11) is 0. The number of hydrogen-bond acceptors (Lipinski definition) is 5. The zero-order valence-corrected chi connectivity index (χ0v) is 8.11. The number of aromatic nitrogens is 1. The minimum absolute atomic E-state index is 0.00935. The second-order valence-electron chi connectivity index (χ2n) is 3.06. The Morgan fingerprint density at radius 1 is 1.38 bits per heavy atom. The Hall–Kier alpha value is -2.44. The minimum atomic E-state index is -0.823. The number of hydrogen-bond donors (Lipinski definition) is 3. The molecule has 7 heteroatoms. The van der Waals surface area contributed by atoms with Crippen molar-refractivity contribution in [3.8, 4) is 0 Å². The van der Waals surface area contributed by atoms with Crippen molar-refractivity contribution in [2.45, 2.75) is 0 Å². The summed E-state index contributed by atoms with van der Waals surface area (Å²) in [6.07, 6.45) is 0. The maximum absolute atomic E-state index is 13.3. The third kappa shape index (κ3) is 1.58. The van der Waals surface area contributed by atoms with Crippen LogP contribution < -0.4 is 22.6 Å². The number of benzene rings is 1. The van der Waals surface area contributed by atoms with E-state index in [1.165, 1.54) is 18.2 Å². The molecule has 0 aliphatic carbocycles. The van der Waals surface area contributed by atoms with Crippen molar-refractivity contribution >= 4 is 17.4 Å². The van der Waals surface area contributed by atoms with Crippen molar-refractivity contribution in [1.82, 2.24) is 4.68 Å². The first kappa shape index (κ1) is 10.1. The van der Waals surface area contributed by atoms with Crippen molar-refractivity contribution in [1.29, 1.82) is 0 Å². The Morgan fingerprint density at radius 2 is 2.06 bits per heavy atom. The normalized spacial score (nSPS) is 10.3. The molecular weight excluding hydrogens is 215 g/mol. The minimum Gasteiger partial charge on any atom is -0.388 e. The van der Waals surface area contributed by atoms with Gasteiger partial charge >= 0.3 is 5.76 Å². The average Bonchev–Trinajstić information content (AvgIpc) is 2.48. The molecule has 2 aromatic rings. The van der Waals surface area contributed by atoms with Crippen LogP contribution in [0.4, 0.5) is 21.8 Å². The van der Waals surface area contributed by atoms with Gasteiger partial charge < -0.3 is 21.3 Å². The molecule has 1 aromatic heterocycles. The Kier molecular flexibility index (Phi) is 2.28. The summed E-state index contributed by atoms with van der Waals surface area (Å²) in [4.78, 5) is 11.0. The lowest BCUT2D eigenvalue weighted by molar-refractivity contribution is 0.516. The topological polar surface area (TPSA) is 99.2 Å². The van der Waals surface area contributed by atoms with E-state index in [2.05, 4.69) is 9.73 Å². The van der Waals surface area contributed by atoms with Crippen LogP contribution in [0, 0.1) is 5.82 Å². The lowest BCUT2D eigenvalue weighted by Gasteiger charge is -2.06. The van der Waals surface area contributed by atoms with E-state index < -0.39 is 11.6 Å². The Balaban J connectivity index is 2.42. The summed E-state index contributed by atoms with van der Waals surface area (Å²) in [6.45, 7) is 0. The van der Waals surface area contributed by atoms with Gasteiger partial charge in [-0.25, -0.2) is 9.18 Å². The van der Waals surface area contributed by atoms with Gasteiger partial charge in [0.2, 0.25) is 5.88 Å². The van der Waals surface area contributed by atoms with Crippen LogP contribution in [0.15, 0.2) is 33.5 Å². The first-order valence-electron chi connectivity index (χ1n) is 4.37. The van der Waals surface area contributed by atoms with Crippen molar-refractivity contribution in [3.63, 3.8) is 0 Å². The van der Waals surface area contributed by atoms with Gasteiger partial charge in [0.25, 0.3) is 0 Å². The summed E-state index contributed by atoms with van der Waals surface area (Å²) in [6, 6.07) is 5.90. The van der Waals surface area contributed by atoms with Crippen LogP contribution in [0.3, 0.4) is 0 Å². The van der Waals surface area contributed by atoms with Crippen molar-refractivity contribution in [2.75, 3.05) is 16.9 Å². The van der Waals surface area contributed by atoms with Gasteiger partial charge in [-0.1, -0.05) is 12.1 Å². The number of rotatable bonds is 2. The number of para-hydroxylation sites is 1. The summed E-state index contributed by atoms with van der Waals surface area (Å²) < 4.78 is 18.5. The monoisotopic (exact) mass is 224 g/mol. The van der Waals surface area contributed by atoms with Crippen LogP contribution in [-0.4, -0.2) is 4.68 Å². The highest BCUT2D eigenvalue weighted by Gasteiger charge is 2.13. The van der Waals surface area contributed by atoms with Crippen LogP contribution in [0.1, 0.15) is 0 Å². The van der Waals surface area contributed by atoms with Gasteiger partial charge in [-0.05, 0) is 12.1 Å². The van der Waals surface area contributed by atoms with Gasteiger partial charge in [0.05, 0.1) is 5.69 Å². The zero-order chi connectivity index (χ0) is 11.7. The average molecular weight is 224 g/mol. The van der Waals surface area contributed by atoms with Gasteiger partial charge in [0.15, 0.2) is 5.82 Å². The van der Waals surface area contributed by atoms with Gasteiger partial charge in [-0.15, -0.1) is 0 Å². The zero-order valence-electron chi connectivity index (χ0n) is 8.11. The molecule has 6 nitrogen and oxygen atoms in total. The molecule has 5 N–H and O–H groups in total. The van der Waals surface area contributed by atoms with E-state index in [0.29, 0.717) is 4.68 Å². The number of nitrogens with two attached hydrogens (primary N) is 2. The van der Waals surface area contributed by atoms with Crippen LogP contribution in [-0.2, 0) is 0 Å². The fraction of sp³-hybridized carbons (Fsp3) is 0. The number of nitrogens with zero attached hydrogens (tertiary/aromatic N) is 1. The second kappa shape index (κ2) is 3.61. The molecule has 1 aromatic carbocycles. The smallest absolute Gasteiger partial charge is 0.388 e. The fourth-order valence-electron chi connectivity index (χ4n) is 1.21. The lowest BCUT2D eigenvalue weighted by Crippen LogP contribution is -2.23. The van der Waals surface area contributed by atoms with Crippen molar-refractivity contribution < 1.29 is 8.81 Å². The van der Waals surface area contributed by atoms with Crippen molar-refractivity contribution in [3.05, 3.63) is 40.6 Å². The highest BCUT2D eigenvalue weighted by molar-refractivity contribution is 5.65. The van der Waals surface area contributed by atoms with Crippen LogP contribution in [0.25, 0.3) is 0 Å². The van der Waals surface area contributed by atoms with E-state index >= 15 is 0 Å². The maximum atomic E-state index is 13.3. The Bertz CT molecular complexity index is 575. The lowest BCUT2D eigenvalue weighted by atomic mass is 10.3. The molecule has 0 aliphatic rings. The third-order valence-corrected chi connectivity index (χ3v) is 2.00. The van der Waals surface area contributed by atoms with E-state index in [4.69, 9.17) is 11.6 Å². The molecular formula is C9H9FN4O2. The van der Waals surface area contributed by atoms with Crippen LogP contribution >= 0.6 is 0 Å². The molecule has 0 unspecified atom stereocenters. The van der Waals surface area contributed by atoms with E-state index in [-0.39, 0.29) is 17.4 Å². The van der Waals surface area contributed by atoms with Crippen LogP contribution in [0.2, 0.25) is 0 Å². The summed E-state index contributed by atoms with van der Waals surface area (Å²) in [5, 5.41) is 2.57. The van der Waals surface area contributed by atoms with E-state index in [0.717, 1.165) is 0 Å². The molecule has 0 spiro atoms. The summed E-state index contributed by atoms with van der Waals surface area (Å²) in [5.41, 5.74) is 5.54. The SMILES string of the molecule is Nc1oc(=O)n(N)c1Nc1ccccc1F. The number of halogens is 1. The summed E-state index contributed by atoms with van der Waals surface area (Å²) in [5.74, 6) is 3.84. The maximum Gasteiger partial charge on any atom is 0.441 e. The second-order valence-corrected chi connectivity index (χ2v) is 3.06. The van der Waals surface area contributed by atoms with Gasteiger partial charge in [0, 0.05) is 0 Å². The highest BCUT2D eigenvalue weighted by atomic mass is 19.1. The van der Waals surface area contributed by atoms with E-state index in [9.17, 15) is 9.18 Å². The Labute approximate surface area is 89.2 Å². The molecule has 0 saturated heterocycles. The number of nitrogen functional groups attached to an aromatic ring is 2. The third-order valence-electron chi connectivity index (χ3n) is 2.00. The summed E-state index contributed by atoms with van der Waals surface area (Å²) >= 11 is 0. The predicted molar refractivity (Wildman–Crippen MR) is 57.2 cm³/mol. The first-order valence-corrected chi connectivity index (χ1v) is 4.37. The molecule has 0 atom stereocenters. The molecule has 84 valence electrons. The molecule has 0 saturated carbocycles. The number of anilines is 3. The molecule has 0 bridgehead atoms. The molecule has 2 rings (SSSR count). The molecule has 16 heavy (non-hydrogen) atoms. The number of oxazole rings is 1. The van der Waals surface area contributed by atoms with E-state index in [1.807, 2.05) is 0 Å². The van der Waals surface area contributed by atoms with Gasteiger partial charge in [-0.3, -0.25) is 0 Å². The first-order chi connectivity index (χ1) is 7.59. The molecule has 1 heterocycles. The molecule has 0 aliphatic heterocycles. The quantitative estimate of drug-likeness (QED) is 0.649. The molecule has 0 fully saturated rings.